The molecule has 3 nitrogen and oxygen atoms in total. The third-order valence-corrected chi connectivity index (χ3v) is 5.51. The molecule has 1 fully saturated rings. The maximum Gasteiger partial charge on any atom is 0.291 e. The first-order chi connectivity index (χ1) is 12.7. The van der Waals surface area contributed by atoms with E-state index in [-0.39, 0.29) is 5.24 Å². The van der Waals surface area contributed by atoms with Crippen LogP contribution in [0.25, 0.3) is 17.4 Å². The lowest BCUT2D eigenvalue weighted by Gasteiger charge is -2.14. The number of furan rings is 1. The van der Waals surface area contributed by atoms with Crippen molar-refractivity contribution in [3.05, 3.63) is 89.0 Å². The van der Waals surface area contributed by atoms with Gasteiger partial charge in [0.15, 0.2) is 0 Å². The number of hydrogen-bond donors (Lipinski definition) is 0. The van der Waals surface area contributed by atoms with Gasteiger partial charge in [0.1, 0.15) is 16.5 Å². The molecule has 1 aliphatic rings. The Balaban J connectivity index is 1.54. The van der Waals surface area contributed by atoms with Gasteiger partial charge in [-0.05, 0) is 35.5 Å². The zero-order chi connectivity index (χ0) is 17.9. The number of rotatable bonds is 4. The first-order valence-electron chi connectivity index (χ1n) is 8.15. The standard InChI is InChI=1S/C21H15NO2S2/c23-21-22(14-15-7-3-1-4-8-15)20(25)19(26-21)13-17-11-12-18(24-17)16-9-5-2-6-10-16/h1-13H,14H2/b19-13+. The van der Waals surface area contributed by atoms with Crippen LogP contribution in [0.2, 0.25) is 0 Å². The maximum atomic E-state index is 12.3. The minimum Gasteiger partial charge on any atom is -0.457 e. The third kappa shape index (κ3) is 3.49. The summed E-state index contributed by atoms with van der Waals surface area (Å²) in [6, 6.07) is 23.6. The van der Waals surface area contributed by atoms with Gasteiger partial charge in [-0.15, -0.1) is 0 Å². The minimum absolute atomic E-state index is 0.0556. The Bertz CT molecular complexity index is 978. The van der Waals surface area contributed by atoms with Crippen molar-refractivity contribution in [3.63, 3.8) is 0 Å². The van der Waals surface area contributed by atoms with Gasteiger partial charge in [-0.1, -0.05) is 72.9 Å². The summed E-state index contributed by atoms with van der Waals surface area (Å²) in [5.41, 5.74) is 2.06. The van der Waals surface area contributed by atoms with Crippen molar-refractivity contribution in [2.75, 3.05) is 0 Å². The van der Waals surface area contributed by atoms with Crippen LogP contribution in [0.1, 0.15) is 11.3 Å². The van der Waals surface area contributed by atoms with Crippen LogP contribution in [-0.2, 0) is 6.54 Å². The van der Waals surface area contributed by atoms with E-state index in [1.807, 2.05) is 78.9 Å². The summed E-state index contributed by atoms with van der Waals surface area (Å²) < 4.78 is 5.89. The second-order valence-corrected chi connectivity index (χ2v) is 7.20. The number of nitrogens with zero attached hydrogens (tertiary/aromatic N) is 1. The number of benzene rings is 2. The number of thiocarbonyl (C=S) groups is 1. The van der Waals surface area contributed by atoms with E-state index < -0.39 is 0 Å². The van der Waals surface area contributed by atoms with E-state index in [0.29, 0.717) is 17.3 Å². The highest BCUT2D eigenvalue weighted by molar-refractivity contribution is 8.19. The quantitative estimate of drug-likeness (QED) is 0.413. The number of hydrogen-bond acceptors (Lipinski definition) is 4. The van der Waals surface area contributed by atoms with Crippen LogP contribution >= 0.6 is 24.0 Å². The molecule has 0 aliphatic carbocycles. The average Bonchev–Trinajstić information content (AvgIpc) is 3.24. The Morgan fingerprint density at radius 1 is 0.962 bits per heavy atom. The van der Waals surface area contributed by atoms with Crippen LogP contribution in [-0.4, -0.2) is 15.1 Å². The molecule has 0 unspecified atom stereocenters. The van der Waals surface area contributed by atoms with Gasteiger partial charge in [0.2, 0.25) is 0 Å². The average molecular weight is 377 g/mol. The number of amides is 1. The smallest absolute Gasteiger partial charge is 0.291 e. The van der Waals surface area contributed by atoms with E-state index in [1.165, 1.54) is 0 Å². The lowest BCUT2D eigenvalue weighted by atomic mass is 10.2. The molecule has 0 radical (unpaired) electrons. The van der Waals surface area contributed by atoms with Crippen LogP contribution in [0, 0.1) is 0 Å². The predicted molar refractivity (Wildman–Crippen MR) is 110 cm³/mol. The normalized spacial score (nSPS) is 15.8. The summed E-state index contributed by atoms with van der Waals surface area (Å²) in [5.74, 6) is 1.47. The minimum atomic E-state index is -0.0556. The first-order valence-corrected chi connectivity index (χ1v) is 9.38. The molecule has 4 rings (SSSR count). The summed E-state index contributed by atoms with van der Waals surface area (Å²) >= 11 is 6.66. The second kappa shape index (κ2) is 7.32. The highest BCUT2D eigenvalue weighted by atomic mass is 32.2. The lowest BCUT2D eigenvalue weighted by molar-refractivity contribution is 0.244. The molecule has 1 saturated heterocycles. The van der Waals surface area contributed by atoms with E-state index in [0.717, 1.165) is 33.6 Å². The molecule has 128 valence electrons. The zero-order valence-corrected chi connectivity index (χ0v) is 15.4. The molecule has 0 spiro atoms. The largest absolute Gasteiger partial charge is 0.457 e. The topological polar surface area (TPSA) is 33.5 Å². The fourth-order valence-electron chi connectivity index (χ4n) is 2.72. The van der Waals surface area contributed by atoms with Crippen molar-refractivity contribution in [1.82, 2.24) is 4.90 Å². The summed E-state index contributed by atoms with van der Waals surface area (Å²) in [6.45, 7) is 0.482. The Hall–Kier alpha value is -2.63. The fraction of sp³-hybridized carbons (Fsp3) is 0.0476. The van der Waals surface area contributed by atoms with Crippen molar-refractivity contribution in [2.45, 2.75) is 6.54 Å². The van der Waals surface area contributed by atoms with Crippen LogP contribution in [0.4, 0.5) is 4.79 Å². The van der Waals surface area contributed by atoms with Gasteiger partial charge in [0.05, 0.1) is 11.4 Å². The molecule has 3 aromatic rings. The summed E-state index contributed by atoms with van der Waals surface area (Å²) in [7, 11) is 0. The Labute approximate surface area is 161 Å². The van der Waals surface area contributed by atoms with Crippen molar-refractivity contribution in [3.8, 4) is 11.3 Å². The molecule has 0 saturated carbocycles. The summed E-state index contributed by atoms with van der Waals surface area (Å²) in [4.78, 5) is 15.3. The van der Waals surface area contributed by atoms with E-state index in [4.69, 9.17) is 16.6 Å². The van der Waals surface area contributed by atoms with Crippen LogP contribution in [0.15, 0.2) is 82.1 Å². The first kappa shape index (κ1) is 16.8. The van der Waals surface area contributed by atoms with Crippen molar-refractivity contribution in [1.29, 1.82) is 0 Å². The molecule has 5 heteroatoms. The SMILES string of the molecule is O=C1S/C(=C/c2ccc(-c3ccccc3)o2)C(=S)N1Cc1ccccc1. The molecule has 1 aliphatic heterocycles. The van der Waals surface area contributed by atoms with Gasteiger partial charge in [-0.3, -0.25) is 9.69 Å². The van der Waals surface area contributed by atoms with Gasteiger partial charge in [0, 0.05) is 5.56 Å². The van der Waals surface area contributed by atoms with Crippen molar-refractivity contribution in [2.24, 2.45) is 0 Å². The predicted octanol–water partition coefficient (Wildman–Crippen LogP) is 5.98. The van der Waals surface area contributed by atoms with Crippen LogP contribution < -0.4 is 0 Å². The van der Waals surface area contributed by atoms with Crippen LogP contribution in [0.3, 0.4) is 0 Å². The molecule has 1 aromatic heterocycles. The van der Waals surface area contributed by atoms with E-state index >= 15 is 0 Å². The summed E-state index contributed by atoms with van der Waals surface area (Å²) in [5, 5.41) is -0.0556. The molecular weight excluding hydrogens is 362 g/mol. The van der Waals surface area contributed by atoms with Crippen molar-refractivity contribution >= 4 is 40.3 Å². The number of thioether (sulfide) groups is 1. The van der Waals surface area contributed by atoms with E-state index in [1.54, 1.807) is 4.90 Å². The molecule has 2 heterocycles. The van der Waals surface area contributed by atoms with Gasteiger partial charge in [-0.25, -0.2) is 0 Å². The molecule has 0 N–H and O–H groups in total. The molecule has 26 heavy (non-hydrogen) atoms. The van der Waals surface area contributed by atoms with Gasteiger partial charge >= 0.3 is 0 Å². The Kier molecular flexibility index (Phi) is 4.73. The Morgan fingerprint density at radius 3 is 2.38 bits per heavy atom. The highest BCUT2D eigenvalue weighted by Crippen LogP contribution is 2.35. The van der Waals surface area contributed by atoms with E-state index in [9.17, 15) is 4.79 Å². The molecular formula is C21H15NO2S2. The molecule has 1 amide bonds. The zero-order valence-electron chi connectivity index (χ0n) is 13.8. The van der Waals surface area contributed by atoms with E-state index in [2.05, 4.69) is 0 Å². The molecule has 2 aromatic carbocycles. The number of carbonyl (C=O) groups is 1. The molecule has 0 bridgehead atoms. The van der Waals surface area contributed by atoms with Gasteiger partial charge in [-0.2, -0.15) is 0 Å². The van der Waals surface area contributed by atoms with Crippen LogP contribution in [0.5, 0.6) is 0 Å². The summed E-state index contributed by atoms with van der Waals surface area (Å²) in [6.07, 6.45) is 1.84. The highest BCUT2D eigenvalue weighted by Gasteiger charge is 2.31. The monoisotopic (exact) mass is 377 g/mol. The second-order valence-electron chi connectivity index (χ2n) is 5.82. The number of carbonyl (C=O) groups excluding carboxylic acids is 1. The van der Waals surface area contributed by atoms with Gasteiger partial charge in [0.25, 0.3) is 5.24 Å². The molecule has 0 atom stereocenters. The Morgan fingerprint density at radius 2 is 1.65 bits per heavy atom. The van der Waals surface area contributed by atoms with Crippen molar-refractivity contribution < 1.29 is 9.21 Å². The fourth-order valence-corrected chi connectivity index (χ4v) is 3.94. The van der Waals surface area contributed by atoms with Gasteiger partial charge < -0.3 is 4.42 Å². The maximum absolute atomic E-state index is 12.3. The lowest BCUT2D eigenvalue weighted by Crippen LogP contribution is -2.26. The third-order valence-electron chi connectivity index (χ3n) is 4.02.